The highest BCUT2D eigenvalue weighted by molar-refractivity contribution is 5.81. The normalized spacial score (nSPS) is 18.0. The molecule has 0 aliphatic carbocycles. The van der Waals surface area contributed by atoms with Crippen LogP contribution in [0.15, 0.2) is 36.7 Å². The third-order valence-corrected chi connectivity index (χ3v) is 4.81. The second kappa shape index (κ2) is 6.33. The average Bonchev–Trinajstić information content (AvgIpc) is 3.19. The zero-order chi connectivity index (χ0) is 17.4. The molecule has 1 amide bonds. The molecule has 1 unspecified atom stereocenters. The highest BCUT2D eigenvalue weighted by atomic mass is 16.2. The number of carbonyl (C=O) groups is 1. The van der Waals surface area contributed by atoms with Gasteiger partial charge in [-0.2, -0.15) is 5.10 Å². The highest BCUT2D eigenvalue weighted by Crippen LogP contribution is 2.23. The predicted octanol–water partition coefficient (Wildman–Crippen LogP) is 1.25. The first-order chi connectivity index (χ1) is 12.1. The van der Waals surface area contributed by atoms with E-state index in [1.807, 2.05) is 60.1 Å². The molecule has 1 fully saturated rings. The van der Waals surface area contributed by atoms with Crippen molar-refractivity contribution in [2.24, 2.45) is 7.05 Å². The van der Waals surface area contributed by atoms with Gasteiger partial charge in [0.2, 0.25) is 5.91 Å². The van der Waals surface area contributed by atoms with Crippen LogP contribution in [0.5, 0.6) is 0 Å². The van der Waals surface area contributed by atoms with E-state index in [0.717, 1.165) is 35.5 Å². The minimum Gasteiger partial charge on any atom is -0.331 e. The van der Waals surface area contributed by atoms with Crippen molar-refractivity contribution < 1.29 is 4.79 Å². The smallest absolute Gasteiger partial charge is 0.243 e. The number of nitrogens with one attached hydrogen (secondary N) is 1. The first-order valence-electron chi connectivity index (χ1n) is 8.54. The van der Waals surface area contributed by atoms with E-state index in [-0.39, 0.29) is 11.9 Å². The molecular weight excluding hydrogens is 316 g/mol. The summed E-state index contributed by atoms with van der Waals surface area (Å²) in [7, 11) is 1.90. The standard InChI is InChI=1S/C18H22N6O/c1-13-21-15-5-3-4-6-16(15)24(13)12-18(25)23-8-7-19-10-17(23)14-9-20-22(2)11-14/h3-6,9,11,17,19H,7-8,10,12H2,1-2H3. The van der Waals surface area contributed by atoms with Crippen molar-refractivity contribution in [3.63, 3.8) is 0 Å². The fraction of sp³-hybridized carbons (Fsp3) is 0.389. The topological polar surface area (TPSA) is 68.0 Å². The number of hydrogen-bond acceptors (Lipinski definition) is 4. The Bertz CT molecular complexity index is 911. The molecule has 130 valence electrons. The van der Waals surface area contributed by atoms with E-state index in [1.165, 1.54) is 0 Å². The largest absolute Gasteiger partial charge is 0.331 e. The lowest BCUT2D eigenvalue weighted by molar-refractivity contribution is -0.135. The van der Waals surface area contributed by atoms with Gasteiger partial charge in [0.05, 0.1) is 23.3 Å². The van der Waals surface area contributed by atoms with Gasteiger partial charge in [-0.1, -0.05) is 12.1 Å². The molecule has 7 nitrogen and oxygen atoms in total. The van der Waals surface area contributed by atoms with Crippen LogP contribution < -0.4 is 5.32 Å². The Morgan fingerprint density at radius 3 is 3.00 bits per heavy atom. The Kier molecular flexibility index (Phi) is 4.01. The van der Waals surface area contributed by atoms with Crippen LogP contribution in [-0.4, -0.2) is 49.8 Å². The maximum Gasteiger partial charge on any atom is 0.243 e. The summed E-state index contributed by atoms with van der Waals surface area (Å²) in [4.78, 5) is 19.6. The van der Waals surface area contributed by atoms with Crippen LogP contribution in [0.1, 0.15) is 17.4 Å². The molecule has 1 N–H and O–H groups in total. The van der Waals surface area contributed by atoms with Gasteiger partial charge in [-0.3, -0.25) is 9.48 Å². The second-order valence-electron chi connectivity index (χ2n) is 6.49. The molecule has 7 heteroatoms. The quantitative estimate of drug-likeness (QED) is 0.780. The van der Waals surface area contributed by atoms with Crippen LogP contribution in [-0.2, 0) is 18.4 Å². The van der Waals surface area contributed by atoms with Gasteiger partial charge < -0.3 is 14.8 Å². The Morgan fingerprint density at radius 2 is 2.20 bits per heavy atom. The minimum absolute atomic E-state index is 0.0186. The molecule has 3 heterocycles. The summed E-state index contributed by atoms with van der Waals surface area (Å²) in [6.45, 7) is 4.52. The van der Waals surface area contributed by atoms with Crippen LogP contribution in [0, 0.1) is 6.92 Å². The lowest BCUT2D eigenvalue weighted by atomic mass is 10.1. The van der Waals surface area contributed by atoms with Crippen molar-refractivity contribution in [3.8, 4) is 0 Å². The summed E-state index contributed by atoms with van der Waals surface area (Å²) in [6, 6.07) is 7.96. The molecule has 1 aliphatic rings. The number of para-hydroxylation sites is 2. The molecule has 1 aromatic carbocycles. The molecule has 0 spiro atoms. The predicted molar refractivity (Wildman–Crippen MR) is 95.0 cm³/mol. The minimum atomic E-state index is 0.0186. The third-order valence-electron chi connectivity index (χ3n) is 4.81. The first kappa shape index (κ1) is 15.8. The maximum atomic E-state index is 13.1. The summed E-state index contributed by atoms with van der Waals surface area (Å²) in [5.74, 6) is 0.976. The highest BCUT2D eigenvalue weighted by Gasteiger charge is 2.29. The van der Waals surface area contributed by atoms with Gasteiger partial charge in [-0.05, 0) is 19.1 Å². The van der Waals surface area contributed by atoms with E-state index in [2.05, 4.69) is 15.4 Å². The lowest BCUT2D eigenvalue weighted by Gasteiger charge is -2.36. The zero-order valence-electron chi connectivity index (χ0n) is 14.5. The molecule has 2 aromatic heterocycles. The Hall–Kier alpha value is -2.67. The van der Waals surface area contributed by atoms with Crippen LogP contribution in [0.2, 0.25) is 0 Å². The number of imidazole rings is 1. The lowest BCUT2D eigenvalue weighted by Crippen LogP contribution is -2.49. The number of carbonyl (C=O) groups excluding carboxylic acids is 1. The molecule has 3 aromatic rings. The molecule has 4 rings (SSSR count). The summed E-state index contributed by atoms with van der Waals surface area (Å²) >= 11 is 0. The van der Waals surface area contributed by atoms with Gasteiger partial charge in [-0.15, -0.1) is 0 Å². The van der Waals surface area contributed by atoms with Gasteiger partial charge in [0.25, 0.3) is 0 Å². The molecular formula is C18H22N6O. The number of hydrogen-bond donors (Lipinski definition) is 1. The molecule has 25 heavy (non-hydrogen) atoms. The van der Waals surface area contributed by atoms with Gasteiger partial charge in [0.1, 0.15) is 12.4 Å². The van der Waals surface area contributed by atoms with Crippen molar-refractivity contribution in [2.45, 2.75) is 19.5 Å². The van der Waals surface area contributed by atoms with E-state index in [1.54, 1.807) is 4.68 Å². The monoisotopic (exact) mass is 338 g/mol. The number of rotatable bonds is 3. The Labute approximate surface area is 146 Å². The Morgan fingerprint density at radius 1 is 1.36 bits per heavy atom. The van der Waals surface area contributed by atoms with Crippen molar-refractivity contribution in [1.29, 1.82) is 0 Å². The van der Waals surface area contributed by atoms with E-state index in [0.29, 0.717) is 13.1 Å². The van der Waals surface area contributed by atoms with Crippen LogP contribution in [0.25, 0.3) is 11.0 Å². The number of piperazine rings is 1. The summed E-state index contributed by atoms with van der Waals surface area (Å²) in [6.07, 6.45) is 3.83. The van der Waals surface area contributed by atoms with Gasteiger partial charge in [0, 0.05) is 38.4 Å². The molecule has 0 radical (unpaired) electrons. The number of aryl methyl sites for hydroxylation is 2. The van der Waals surface area contributed by atoms with Gasteiger partial charge in [-0.25, -0.2) is 4.98 Å². The molecule has 1 aliphatic heterocycles. The number of aromatic nitrogens is 4. The molecule has 1 saturated heterocycles. The SMILES string of the molecule is Cc1nc2ccccc2n1CC(=O)N1CCNCC1c1cnn(C)c1. The fourth-order valence-electron chi connectivity index (χ4n) is 3.53. The Balaban J connectivity index is 1.61. The molecule has 0 saturated carbocycles. The summed E-state index contributed by atoms with van der Waals surface area (Å²) in [5, 5.41) is 7.63. The van der Waals surface area contributed by atoms with Crippen molar-refractivity contribution in [1.82, 2.24) is 29.5 Å². The zero-order valence-corrected chi connectivity index (χ0v) is 14.5. The molecule has 1 atom stereocenters. The number of nitrogens with zero attached hydrogens (tertiary/aromatic N) is 5. The number of fused-ring (bicyclic) bond motifs is 1. The van der Waals surface area contributed by atoms with E-state index in [9.17, 15) is 4.79 Å². The van der Waals surface area contributed by atoms with E-state index in [4.69, 9.17) is 0 Å². The third kappa shape index (κ3) is 2.91. The summed E-state index contributed by atoms with van der Waals surface area (Å²) in [5.41, 5.74) is 2.99. The average molecular weight is 338 g/mol. The van der Waals surface area contributed by atoms with Crippen LogP contribution in [0.4, 0.5) is 0 Å². The number of amides is 1. The van der Waals surface area contributed by atoms with Crippen molar-refractivity contribution in [3.05, 3.63) is 48.0 Å². The fourth-order valence-corrected chi connectivity index (χ4v) is 3.53. The van der Waals surface area contributed by atoms with E-state index < -0.39 is 0 Å². The van der Waals surface area contributed by atoms with E-state index >= 15 is 0 Å². The summed E-state index contributed by atoms with van der Waals surface area (Å²) < 4.78 is 3.78. The van der Waals surface area contributed by atoms with Crippen molar-refractivity contribution >= 4 is 16.9 Å². The van der Waals surface area contributed by atoms with Crippen LogP contribution in [0.3, 0.4) is 0 Å². The van der Waals surface area contributed by atoms with Gasteiger partial charge in [0.15, 0.2) is 0 Å². The van der Waals surface area contributed by atoms with Gasteiger partial charge >= 0.3 is 0 Å². The second-order valence-corrected chi connectivity index (χ2v) is 6.49. The molecule has 0 bridgehead atoms. The van der Waals surface area contributed by atoms with Crippen molar-refractivity contribution in [2.75, 3.05) is 19.6 Å². The number of benzene rings is 1. The first-order valence-corrected chi connectivity index (χ1v) is 8.54. The maximum absolute atomic E-state index is 13.1. The van der Waals surface area contributed by atoms with Crippen LogP contribution >= 0.6 is 0 Å².